The van der Waals surface area contributed by atoms with Gasteiger partial charge in [0.1, 0.15) is 6.10 Å². The smallest absolute Gasteiger partial charge is 0.294 e. The number of phenolic OH excluding ortho intramolecular Hbond substituents is 3. The molecule has 0 amide bonds. The van der Waals surface area contributed by atoms with Crippen LogP contribution in [0.1, 0.15) is 56.6 Å². The SMILES string of the molecule is C[C@@H]1Cc2cc(O)c(O)c(O)c2[C@H]2C(O[N+](=O)[O-])C[C@]3(C)CCC[C@H]3[C@H]12. The van der Waals surface area contributed by atoms with Gasteiger partial charge in [-0.3, -0.25) is 0 Å². The minimum absolute atomic E-state index is 0.00217. The number of hydrogen-bond donors (Lipinski definition) is 3. The molecule has 3 aliphatic rings. The van der Waals surface area contributed by atoms with Crippen LogP contribution in [-0.2, 0) is 11.3 Å². The van der Waals surface area contributed by atoms with Gasteiger partial charge in [0, 0.05) is 11.5 Å². The first kappa shape index (κ1) is 17.2. The van der Waals surface area contributed by atoms with E-state index in [2.05, 4.69) is 13.8 Å². The summed E-state index contributed by atoms with van der Waals surface area (Å²) in [5, 5.41) is 40.9. The summed E-state index contributed by atoms with van der Waals surface area (Å²) in [7, 11) is 0. The van der Waals surface area contributed by atoms with Crippen LogP contribution in [0.4, 0.5) is 0 Å². The summed E-state index contributed by atoms with van der Waals surface area (Å²) < 4.78 is 0. The third-order valence-electron chi connectivity index (χ3n) is 7.24. The van der Waals surface area contributed by atoms with Crippen molar-refractivity contribution in [3.8, 4) is 17.2 Å². The molecule has 2 fully saturated rings. The molecule has 7 heteroatoms. The standard InChI is InChI=1S/C19H25NO6/c1-9-6-10-7-12(21)17(22)18(23)15(10)16-13(26-20(24)25)8-19(2)5-3-4-11(19)14(9)16/h7,9,11,13-14,16,21-23H,3-6,8H2,1-2H3/t9-,11+,13?,14+,16+,19+/m1/s1. The molecule has 7 nitrogen and oxygen atoms in total. The van der Waals surface area contributed by atoms with Gasteiger partial charge in [-0.25, -0.2) is 0 Å². The second-order valence-corrected chi connectivity index (χ2v) is 8.67. The average molecular weight is 363 g/mol. The van der Waals surface area contributed by atoms with Crippen LogP contribution < -0.4 is 0 Å². The predicted octanol–water partition coefficient (Wildman–Crippen LogP) is 3.48. The summed E-state index contributed by atoms with van der Waals surface area (Å²) in [6, 6.07) is 1.47. The Morgan fingerprint density at radius 2 is 2.04 bits per heavy atom. The van der Waals surface area contributed by atoms with Crippen molar-refractivity contribution in [3.63, 3.8) is 0 Å². The van der Waals surface area contributed by atoms with Crippen LogP contribution >= 0.6 is 0 Å². The lowest BCUT2D eigenvalue weighted by Crippen LogP contribution is -2.50. The van der Waals surface area contributed by atoms with Gasteiger partial charge in [-0.15, -0.1) is 10.1 Å². The first-order chi connectivity index (χ1) is 12.2. The molecule has 0 radical (unpaired) electrons. The summed E-state index contributed by atoms with van der Waals surface area (Å²) in [6.07, 6.45) is 3.77. The molecule has 3 N–H and O–H groups in total. The fraction of sp³-hybridized carbons (Fsp3) is 0.684. The van der Waals surface area contributed by atoms with Gasteiger partial charge < -0.3 is 20.2 Å². The highest BCUT2D eigenvalue weighted by Crippen LogP contribution is 2.64. The molecule has 0 aliphatic heterocycles. The van der Waals surface area contributed by atoms with Gasteiger partial charge >= 0.3 is 0 Å². The van der Waals surface area contributed by atoms with E-state index in [0.717, 1.165) is 24.8 Å². The van der Waals surface area contributed by atoms with E-state index in [1.807, 2.05) is 0 Å². The van der Waals surface area contributed by atoms with Crippen LogP contribution in [0.25, 0.3) is 0 Å². The maximum Gasteiger partial charge on any atom is 0.294 e. The van der Waals surface area contributed by atoms with Crippen molar-refractivity contribution in [3.05, 3.63) is 27.3 Å². The Hall–Kier alpha value is -2.18. The molecule has 1 aromatic rings. The minimum Gasteiger partial charge on any atom is -0.504 e. The predicted molar refractivity (Wildman–Crippen MR) is 92.5 cm³/mol. The highest BCUT2D eigenvalue weighted by atomic mass is 17.0. The van der Waals surface area contributed by atoms with E-state index in [4.69, 9.17) is 4.84 Å². The Balaban J connectivity index is 1.89. The lowest BCUT2D eigenvalue weighted by molar-refractivity contribution is -0.771. The summed E-state index contributed by atoms with van der Waals surface area (Å²) >= 11 is 0. The van der Waals surface area contributed by atoms with E-state index < -0.39 is 16.9 Å². The van der Waals surface area contributed by atoms with E-state index in [-0.39, 0.29) is 34.7 Å². The Kier molecular flexibility index (Phi) is 3.75. The normalized spacial score (nSPS) is 38.2. The van der Waals surface area contributed by atoms with Crippen LogP contribution in [0.3, 0.4) is 0 Å². The Morgan fingerprint density at radius 3 is 2.73 bits per heavy atom. The van der Waals surface area contributed by atoms with Gasteiger partial charge in [-0.05, 0) is 60.5 Å². The number of hydrogen-bond acceptors (Lipinski definition) is 6. The molecule has 1 aromatic carbocycles. The molecule has 0 aromatic heterocycles. The fourth-order valence-corrected chi connectivity index (χ4v) is 6.33. The zero-order valence-corrected chi connectivity index (χ0v) is 15.0. The minimum atomic E-state index is -0.739. The van der Waals surface area contributed by atoms with Gasteiger partial charge in [-0.2, -0.15) is 0 Å². The molecular weight excluding hydrogens is 338 g/mol. The first-order valence-electron chi connectivity index (χ1n) is 9.31. The second-order valence-electron chi connectivity index (χ2n) is 8.67. The zero-order chi connectivity index (χ0) is 18.8. The van der Waals surface area contributed by atoms with Crippen LogP contribution in [0.15, 0.2) is 6.07 Å². The Bertz CT molecular complexity index is 765. The molecule has 1 unspecified atom stereocenters. The molecule has 6 atom stereocenters. The Morgan fingerprint density at radius 1 is 1.31 bits per heavy atom. The highest BCUT2D eigenvalue weighted by Gasteiger charge is 2.57. The first-order valence-corrected chi connectivity index (χ1v) is 9.31. The number of benzene rings is 1. The van der Waals surface area contributed by atoms with Crippen molar-refractivity contribution in [2.45, 2.75) is 58.0 Å². The topological polar surface area (TPSA) is 113 Å². The Labute approximate surface area is 151 Å². The summed E-state index contributed by atoms with van der Waals surface area (Å²) in [6.45, 7) is 4.34. The number of rotatable bonds is 2. The molecule has 142 valence electrons. The lowest BCUT2D eigenvalue weighted by atomic mass is 9.52. The van der Waals surface area contributed by atoms with Gasteiger partial charge in [0.05, 0.1) is 0 Å². The number of aromatic hydroxyl groups is 3. The molecule has 4 rings (SSSR count). The fourth-order valence-electron chi connectivity index (χ4n) is 6.33. The van der Waals surface area contributed by atoms with Crippen LogP contribution in [0.2, 0.25) is 0 Å². The average Bonchev–Trinajstić information content (AvgIpc) is 2.93. The number of nitrogens with zero attached hydrogens (tertiary/aromatic N) is 1. The maximum atomic E-state index is 11.2. The van der Waals surface area contributed by atoms with E-state index in [9.17, 15) is 25.4 Å². The van der Waals surface area contributed by atoms with Gasteiger partial charge in [-0.1, -0.05) is 20.3 Å². The highest BCUT2D eigenvalue weighted by molar-refractivity contribution is 5.59. The van der Waals surface area contributed by atoms with Crippen molar-refractivity contribution in [1.82, 2.24) is 0 Å². The molecule has 0 bridgehead atoms. The molecule has 3 aliphatic carbocycles. The molecular formula is C19H25NO6. The van der Waals surface area contributed by atoms with E-state index >= 15 is 0 Å². The summed E-state index contributed by atoms with van der Waals surface area (Å²) in [5.41, 5.74) is 1.26. The van der Waals surface area contributed by atoms with Gasteiger partial charge in [0.25, 0.3) is 5.09 Å². The quantitative estimate of drug-likeness (QED) is 0.421. The number of phenols is 3. The monoisotopic (exact) mass is 363 g/mol. The summed E-state index contributed by atoms with van der Waals surface area (Å²) in [4.78, 5) is 16.3. The largest absolute Gasteiger partial charge is 0.504 e. The molecule has 0 heterocycles. The van der Waals surface area contributed by atoms with Gasteiger partial charge in [0.2, 0.25) is 5.75 Å². The molecule has 26 heavy (non-hydrogen) atoms. The van der Waals surface area contributed by atoms with Crippen molar-refractivity contribution < 1.29 is 25.2 Å². The van der Waals surface area contributed by atoms with E-state index in [1.165, 1.54) is 6.07 Å². The van der Waals surface area contributed by atoms with Crippen LogP contribution in [-0.4, -0.2) is 26.5 Å². The van der Waals surface area contributed by atoms with Crippen molar-refractivity contribution >= 4 is 0 Å². The maximum absolute atomic E-state index is 11.2. The third-order valence-corrected chi connectivity index (χ3v) is 7.24. The van der Waals surface area contributed by atoms with E-state index in [0.29, 0.717) is 24.3 Å². The molecule has 0 saturated heterocycles. The van der Waals surface area contributed by atoms with Crippen molar-refractivity contribution in [2.24, 2.45) is 23.2 Å². The van der Waals surface area contributed by atoms with Crippen molar-refractivity contribution in [1.29, 1.82) is 0 Å². The van der Waals surface area contributed by atoms with Crippen LogP contribution in [0.5, 0.6) is 17.2 Å². The molecule has 0 spiro atoms. The van der Waals surface area contributed by atoms with Crippen molar-refractivity contribution in [2.75, 3.05) is 0 Å². The zero-order valence-electron chi connectivity index (χ0n) is 15.0. The lowest BCUT2D eigenvalue weighted by Gasteiger charge is -2.54. The van der Waals surface area contributed by atoms with Gasteiger partial charge in [0.15, 0.2) is 11.5 Å². The number of fused-ring (bicyclic) bond motifs is 5. The summed E-state index contributed by atoms with van der Waals surface area (Å²) in [5.74, 6) is -0.836. The van der Waals surface area contributed by atoms with Crippen LogP contribution in [0, 0.1) is 33.3 Å². The second kappa shape index (κ2) is 5.66. The molecule has 2 saturated carbocycles. The van der Waals surface area contributed by atoms with E-state index in [1.54, 1.807) is 0 Å². The third kappa shape index (κ3) is 2.32.